The highest BCUT2D eigenvalue weighted by Crippen LogP contribution is 2.41. The number of ether oxygens (including phenoxy) is 2. The predicted octanol–water partition coefficient (Wildman–Crippen LogP) is 4.16. The van der Waals surface area contributed by atoms with E-state index in [0.717, 1.165) is 32.8 Å². The van der Waals surface area contributed by atoms with Crippen LogP contribution in [0.15, 0.2) is 40.9 Å². The second-order valence-electron chi connectivity index (χ2n) is 5.72. The molecule has 0 saturated carbocycles. The van der Waals surface area contributed by atoms with Crippen LogP contribution in [0.4, 0.5) is 5.69 Å². The number of amides is 1. The molecule has 1 aliphatic heterocycles. The number of carbonyl (C=O) groups is 1. The zero-order chi connectivity index (χ0) is 17.3. The molecule has 0 spiro atoms. The van der Waals surface area contributed by atoms with Crippen molar-refractivity contribution in [1.82, 2.24) is 0 Å². The molecular weight excluding hydrogens is 370 g/mol. The van der Waals surface area contributed by atoms with Crippen LogP contribution >= 0.6 is 15.9 Å². The largest absolute Gasteiger partial charge is 0.497 e. The van der Waals surface area contributed by atoms with Crippen LogP contribution in [0.3, 0.4) is 0 Å². The molecule has 0 saturated heterocycles. The zero-order valence-corrected chi connectivity index (χ0v) is 15.6. The van der Waals surface area contributed by atoms with Gasteiger partial charge in [-0.2, -0.15) is 0 Å². The van der Waals surface area contributed by atoms with Crippen LogP contribution in [0.25, 0.3) is 0 Å². The van der Waals surface area contributed by atoms with Gasteiger partial charge in [0.25, 0.3) is 0 Å². The lowest BCUT2D eigenvalue weighted by Gasteiger charge is -2.16. The van der Waals surface area contributed by atoms with Gasteiger partial charge in [0, 0.05) is 16.7 Å². The maximum Gasteiger partial charge on any atom is 0.234 e. The Balaban J connectivity index is 2.02. The molecule has 0 radical (unpaired) electrons. The number of nitrogens with zero attached hydrogens (tertiary/aromatic N) is 1. The molecule has 4 nitrogen and oxygen atoms in total. The third kappa shape index (κ3) is 2.88. The minimum atomic E-state index is -0.210. The second kappa shape index (κ2) is 6.85. The van der Waals surface area contributed by atoms with Gasteiger partial charge < -0.3 is 14.4 Å². The molecule has 2 aromatic rings. The summed E-state index contributed by atoms with van der Waals surface area (Å²) in [5, 5.41) is 0. The monoisotopic (exact) mass is 389 g/mol. The van der Waals surface area contributed by atoms with Crippen molar-refractivity contribution in [1.29, 1.82) is 0 Å². The smallest absolute Gasteiger partial charge is 0.234 e. The van der Waals surface area contributed by atoms with E-state index >= 15 is 0 Å². The van der Waals surface area contributed by atoms with E-state index in [2.05, 4.69) is 15.9 Å². The van der Waals surface area contributed by atoms with Crippen molar-refractivity contribution in [2.75, 3.05) is 25.7 Å². The molecule has 126 valence electrons. The Morgan fingerprint density at radius 2 is 1.92 bits per heavy atom. The average molecular weight is 390 g/mol. The minimum absolute atomic E-state index is 0.135. The molecule has 2 aromatic carbocycles. The van der Waals surface area contributed by atoms with Crippen LogP contribution in [0.1, 0.15) is 24.0 Å². The van der Waals surface area contributed by atoms with E-state index in [0.29, 0.717) is 13.0 Å². The predicted molar refractivity (Wildman–Crippen MR) is 98.2 cm³/mol. The van der Waals surface area contributed by atoms with Crippen molar-refractivity contribution in [3.8, 4) is 11.5 Å². The molecule has 1 atom stereocenters. The maximum absolute atomic E-state index is 12.9. The van der Waals surface area contributed by atoms with Crippen molar-refractivity contribution in [3.63, 3.8) is 0 Å². The SMILES string of the molecule is CCN1C(=O)C(Cc2cc(OC)ccc2OC)c2cc(Br)ccc21. The van der Waals surface area contributed by atoms with E-state index in [1.54, 1.807) is 14.2 Å². The summed E-state index contributed by atoms with van der Waals surface area (Å²) >= 11 is 3.52. The number of methoxy groups -OCH3 is 2. The molecule has 0 fully saturated rings. The van der Waals surface area contributed by atoms with Gasteiger partial charge in [-0.3, -0.25) is 4.79 Å². The molecule has 3 rings (SSSR count). The lowest BCUT2D eigenvalue weighted by Crippen LogP contribution is -2.29. The second-order valence-corrected chi connectivity index (χ2v) is 6.64. The van der Waals surface area contributed by atoms with Crippen molar-refractivity contribution < 1.29 is 14.3 Å². The van der Waals surface area contributed by atoms with E-state index in [1.807, 2.05) is 48.2 Å². The summed E-state index contributed by atoms with van der Waals surface area (Å²) < 4.78 is 11.8. The fourth-order valence-corrected chi connectivity index (χ4v) is 3.65. The number of hydrogen-bond acceptors (Lipinski definition) is 3. The van der Waals surface area contributed by atoms with Gasteiger partial charge in [-0.25, -0.2) is 0 Å². The summed E-state index contributed by atoms with van der Waals surface area (Å²) in [5.41, 5.74) is 3.03. The molecule has 0 N–H and O–H groups in total. The Kier molecular flexibility index (Phi) is 4.81. The lowest BCUT2D eigenvalue weighted by molar-refractivity contribution is -0.119. The maximum atomic E-state index is 12.9. The quantitative estimate of drug-likeness (QED) is 0.770. The van der Waals surface area contributed by atoms with E-state index in [9.17, 15) is 4.79 Å². The first-order valence-electron chi connectivity index (χ1n) is 7.90. The van der Waals surface area contributed by atoms with Crippen molar-refractivity contribution >= 4 is 27.5 Å². The first kappa shape index (κ1) is 16.8. The highest BCUT2D eigenvalue weighted by molar-refractivity contribution is 9.10. The molecule has 5 heteroatoms. The fraction of sp³-hybridized carbons (Fsp3) is 0.316. The lowest BCUT2D eigenvalue weighted by atomic mass is 9.92. The molecule has 0 aliphatic carbocycles. The number of carbonyl (C=O) groups excluding carboxylic acids is 1. The number of halogens is 1. The van der Waals surface area contributed by atoms with Gasteiger partial charge in [0.2, 0.25) is 5.91 Å². The van der Waals surface area contributed by atoms with Crippen LogP contribution in [0.2, 0.25) is 0 Å². The van der Waals surface area contributed by atoms with Gasteiger partial charge in [0.15, 0.2) is 0 Å². The van der Waals surface area contributed by atoms with Gasteiger partial charge >= 0.3 is 0 Å². The Morgan fingerprint density at radius 3 is 2.58 bits per heavy atom. The van der Waals surface area contributed by atoms with Crippen molar-refractivity contribution in [3.05, 3.63) is 52.0 Å². The number of anilines is 1. The molecule has 24 heavy (non-hydrogen) atoms. The van der Waals surface area contributed by atoms with Crippen molar-refractivity contribution in [2.45, 2.75) is 19.3 Å². The standard InChI is InChI=1S/C19H20BrNO3/c1-4-21-17-7-5-13(20)11-15(17)16(19(21)22)10-12-9-14(23-2)6-8-18(12)24-3/h5-9,11,16H,4,10H2,1-3H3. The molecule has 0 bridgehead atoms. The van der Waals surface area contributed by atoms with Crippen LogP contribution in [0.5, 0.6) is 11.5 Å². The third-order valence-electron chi connectivity index (χ3n) is 4.45. The average Bonchev–Trinajstić information content (AvgIpc) is 2.85. The summed E-state index contributed by atoms with van der Waals surface area (Å²) in [6.07, 6.45) is 0.582. The minimum Gasteiger partial charge on any atom is -0.497 e. The van der Waals surface area contributed by atoms with Crippen LogP contribution < -0.4 is 14.4 Å². The first-order chi connectivity index (χ1) is 11.6. The van der Waals surface area contributed by atoms with E-state index in [1.165, 1.54) is 0 Å². The van der Waals surface area contributed by atoms with E-state index in [-0.39, 0.29) is 11.8 Å². The van der Waals surface area contributed by atoms with Crippen molar-refractivity contribution in [2.24, 2.45) is 0 Å². The van der Waals surface area contributed by atoms with Gasteiger partial charge in [-0.15, -0.1) is 0 Å². The molecule has 1 unspecified atom stereocenters. The zero-order valence-electron chi connectivity index (χ0n) is 14.0. The van der Waals surface area contributed by atoms with Crippen LogP contribution in [0, 0.1) is 0 Å². The van der Waals surface area contributed by atoms with E-state index < -0.39 is 0 Å². The van der Waals surface area contributed by atoms with Crippen LogP contribution in [-0.4, -0.2) is 26.7 Å². The number of hydrogen-bond donors (Lipinski definition) is 0. The topological polar surface area (TPSA) is 38.8 Å². The summed E-state index contributed by atoms with van der Waals surface area (Å²) in [4.78, 5) is 14.7. The summed E-state index contributed by atoms with van der Waals surface area (Å²) in [5.74, 6) is 1.46. The number of fused-ring (bicyclic) bond motifs is 1. The highest BCUT2D eigenvalue weighted by atomic mass is 79.9. The Bertz CT molecular complexity index is 775. The summed E-state index contributed by atoms with van der Waals surface area (Å²) in [6.45, 7) is 2.66. The van der Waals surface area contributed by atoms with Gasteiger partial charge in [0.1, 0.15) is 11.5 Å². The highest BCUT2D eigenvalue weighted by Gasteiger charge is 2.37. The Hall–Kier alpha value is -2.01. The molecule has 1 aliphatic rings. The van der Waals surface area contributed by atoms with Gasteiger partial charge in [-0.1, -0.05) is 15.9 Å². The molecule has 0 aromatic heterocycles. The number of rotatable bonds is 5. The van der Waals surface area contributed by atoms with Crippen LogP contribution in [-0.2, 0) is 11.2 Å². The Morgan fingerprint density at radius 1 is 1.12 bits per heavy atom. The van der Waals surface area contributed by atoms with E-state index in [4.69, 9.17) is 9.47 Å². The first-order valence-corrected chi connectivity index (χ1v) is 8.70. The Labute approximate surface area is 150 Å². The summed E-state index contributed by atoms with van der Waals surface area (Å²) in [7, 11) is 3.28. The normalized spacial score (nSPS) is 16.2. The summed E-state index contributed by atoms with van der Waals surface area (Å²) in [6, 6.07) is 11.7. The third-order valence-corrected chi connectivity index (χ3v) is 4.94. The molecule has 1 amide bonds. The molecule has 1 heterocycles. The fourth-order valence-electron chi connectivity index (χ4n) is 3.27. The number of likely N-dealkylation sites (N-methyl/N-ethyl adjacent to an activating group) is 1. The number of benzene rings is 2. The molecular formula is C19H20BrNO3. The van der Waals surface area contributed by atoms with Gasteiger partial charge in [0.05, 0.1) is 20.1 Å². The van der Waals surface area contributed by atoms with Gasteiger partial charge in [-0.05, 0) is 60.9 Å².